The highest BCUT2D eigenvalue weighted by atomic mass is 16.1. The van der Waals surface area contributed by atoms with E-state index in [4.69, 9.17) is 0 Å². The molecule has 1 aliphatic heterocycles. The summed E-state index contributed by atoms with van der Waals surface area (Å²) in [5, 5.41) is 0. The molecule has 15 heavy (non-hydrogen) atoms. The van der Waals surface area contributed by atoms with Crippen molar-refractivity contribution in [2.24, 2.45) is 7.05 Å². The van der Waals surface area contributed by atoms with Gasteiger partial charge in [0.25, 0.3) is 5.56 Å². The van der Waals surface area contributed by atoms with Gasteiger partial charge < -0.3 is 14.4 Å². The van der Waals surface area contributed by atoms with Gasteiger partial charge in [0, 0.05) is 51.2 Å². The number of aromatic nitrogens is 1. The molecule has 0 unspecified atom stereocenters. The molecule has 2 rings (SSSR count). The summed E-state index contributed by atoms with van der Waals surface area (Å²) in [5.41, 5.74) is 1.11. The van der Waals surface area contributed by atoms with Gasteiger partial charge in [0.15, 0.2) is 0 Å². The molecule has 1 saturated heterocycles. The molecule has 0 aliphatic carbocycles. The lowest BCUT2D eigenvalue weighted by atomic mass is 10.3. The zero-order valence-electron chi connectivity index (χ0n) is 9.31. The third kappa shape index (κ3) is 2.21. The number of nitrogens with zero attached hydrogens (tertiary/aromatic N) is 3. The van der Waals surface area contributed by atoms with Crippen LogP contribution in [0.1, 0.15) is 0 Å². The zero-order valence-corrected chi connectivity index (χ0v) is 9.31. The first kappa shape index (κ1) is 10.2. The lowest BCUT2D eigenvalue weighted by Gasteiger charge is -2.33. The van der Waals surface area contributed by atoms with Crippen molar-refractivity contribution in [2.45, 2.75) is 0 Å². The van der Waals surface area contributed by atoms with Gasteiger partial charge in [-0.15, -0.1) is 0 Å². The highest BCUT2D eigenvalue weighted by Crippen LogP contribution is 2.12. The largest absolute Gasteiger partial charge is 0.369 e. The van der Waals surface area contributed by atoms with E-state index in [0.717, 1.165) is 31.9 Å². The fourth-order valence-corrected chi connectivity index (χ4v) is 1.80. The summed E-state index contributed by atoms with van der Waals surface area (Å²) in [5.74, 6) is 0. The van der Waals surface area contributed by atoms with E-state index in [1.54, 1.807) is 17.7 Å². The van der Waals surface area contributed by atoms with Gasteiger partial charge in [0.1, 0.15) is 0 Å². The van der Waals surface area contributed by atoms with Gasteiger partial charge in [0.2, 0.25) is 0 Å². The Hall–Kier alpha value is -1.29. The van der Waals surface area contributed by atoms with Crippen molar-refractivity contribution in [3.8, 4) is 0 Å². The predicted molar refractivity (Wildman–Crippen MR) is 61.4 cm³/mol. The molecule has 1 aliphatic rings. The summed E-state index contributed by atoms with van der Waals surface area (Å²) < 4.78 is 1.60. The fourth-order valence-electron chi connectivity index (χ4n) is 1.80. The first-order valence-electron chi connectivity index (χ1n) is 5.27. The molecular weight excluding hydrogens is 190 g/mol. The Labute approximate surface area is 89.7 Å². The van der Waals surface area contributed by atoms with Gasteiger partial charge in [-0.2, -0.15) is 0 Å². The first-order valence-corrected chi connectivity index (χ1v) is 5.27. The molecule has 2 heterocycles. The van der Waals surface area contributed by atoms with E-state index in [0.29, 0.717) is 0 Å². The standard InChI is InChI=1S/C11H17N3O/c1-12-5-7-14(8-6-12)10-3-4-13(2)11(15)9-10/h3-4,9H,5-8H2,1-2H3. The summed E-state index contributed by atoms with van der Waals surface area (Å²) in [4.78, 5) is 16.0. The summed E-state index contributed by atoms with van der Waals surface area (Å²) in [7, 11) is 3.90. The van der Waals surface area contributed by atoms with Crippen LogP contribution in [-0.2, 0) is 7.05 Å². The summed E-state index contributed by atoms with van der Waals surface area (Å²) in [6.45, 7) is 4.14. The summed E-state index contributed by atoms with van der Waals surface area (Å²) >= 11 is 0. The van der Waals surface area contributed by atoms with Gasteiger partial charge in [0.05, 0.1) is 0 Å². The lowest BCUT2D eigenvalue weighted by Crippen LogP contribution is -2.44. The van der Waals surface area contributed by atoms with Gasteiger partial charge in [-0.3, -0.25) is 4.79 Å². The number of piperazine rings is 1. The van der Waals surface area contributed by atoms with Crippen molar-refractivity contribution in [1.82, 2.24) is 9.47 Å². The Morgan fingerprint density at radius 2 is 1.80 bits per heavy atom. The van der Waals surface area contributed by atoms with E-state index in [2.05, 4.69) is 16.8 Å². The van der Waals surface area contributed by atoms with Gasteiger partial charge in [-0.1, -0.05) is 0 Å². The second-order valence-electron chi connectivity index (χ2n) is 4.12. The first-order chi connectivity index (χ1) is 7.16. The van der Waals surface area contributed by atoms with E-state index in [9.17, 15) is 4.79 Å². The number of likely N-dealkylation sites (N-methyl/N-ethyl adjacent to an activating group) is 1. The molecule has 0 spiro atoms. The minimum Gasteiger partial charge on any atom is -0.369 e. The molecule has 0 bridgehead atoms. The fraction of sp³-hybridized carbons (Fsp3) is 0.545. The van der Waals surface area contributed by atoms with Gasteiger partial charge in [-0.25, -0.2) is 0 Å². The number of aryl methyl sites for hydroxylation is 1. The maximum Gasteiger partial charge on any atom is 0.252 e. The molecule has 4 nitrogen and oxygen atoms in total. The minimum absolute atomic E-state index is 0.0615. The zero-order chi connectivity index (χ0) is 10.8. The van der Waals surface area contributed by atoms with E-state index in [-0.39, 0.29) is 5.56 Å². The van der Waals surface area contributed by atoms with E-state index in [1.165, 1.54) is 0 Å². The monoisotopic (exact) mass is 207 g/mol. The van der Waals surface area contributed by atoms with Crippen molar-refractivity contribution in [3.05, 3.63) is 28.7 Å². The van der Waals surface area contributed by atoms with Crippen LogP contribution in [0.25, 0.3) is 0 Å². The third-order valence-electron chi connectivity index (χ3n) is 2.96. The molecule has 0 amide bonds. The maximum absolute atomic E-state index is 11.5. The molecular formula is C11H17N3O. The highest BCUT2D eigenvalue weighted by molar-refractivity contribution is 5.45. The summed E-state index contributed by atoms with van der Waals surface area (Å²) in [6.07, 6.45) is 1.83. The maximum atomic E-state index is 11.5. The molecule has 1 aromatic heterocycles. The number of hydrogen-bond donors (Lipinski definition) is 0. The molecule has 82 valence electrons. The number of hydrogen-bond acceptors (Lipinski definition) is 3. The molecule has 0 saturated carbocycles. The number of pyridine rings is 1. The topological polar surface area (TPSA) is 28.5 Å². The average molecular weight is 207 g/mol. The van der Waals surface area contributed by atoms with Crippen LogP contribution in [0.15, 0.2) is 23.1 Å². The van der Waals surface area contributed by atoms with E-state index in [1.807, 2.05) is 12.3 Å². The molecule has 0 aromatic carbocycles. The van der Waals surface area contributed by atoms with Crippen molar-refractivity contribution in [3.63, 3.8) is 0 Å². The van der Waals surface area contributed by atoms with Crippen molar-refractivity contribution in [2.75, 3.05) is 38.1 Å². The number of anilines is 1. The highest BCUT2D eigenvalue weighted by Gasteiger charge is 2.14. The van der Waals surface area contributed by atoms with Crippen LogP contribution in [0.3, 0.4) is 0 Å². The van der Waals surface area contributed by atoms with Crippen molar-refractivity contribution >= 4 is 5.69 Å². The second kappa shape index (κ2) is 4.06. The summed E-state index contributed by atoms with van der Waals surface area (Å²) in [6, 6.07) is 3.72. The Balaban J connectivity index is 2.16. The Bertz CT molecular complexity index is 391. The van der Waals surface area contributed by atoms with Crippen LogP contribution in [0.2, 0.25) is 0 Å². The molecule has 0 radical (unpaired) electrons. The molecule has 0 N–H and O–H groups in total. The Morgan fingerprint density at radius 1 is 1.13 bits per heavy atom. The normalized spacial score (nSPS) is 18.1. The van der Waals surface area contributed by atoms with Crippen molar-refractivity contribution in [1.29, 1.82) is 0 Å². The van der Waals surface area contributed by atoms with E-state index < -0.39 is 0 Å². The predicted octanol–water partition coefficient (Wildman–Crippen LogP) is 0.137. The van der Waals surface area contributed by atoms with E-state index >= 15 is 0 Å². The molecule has 4 heteroatoms. The van der Waals surface area contributed by atoms with Crippen molar-refractivity contribution < 1.29 is 0 Å². The SMILES string of the molecule is CN1CCN(c2ccn(C)c(=O)c2)CC1. The van der Waals surface area contributed by atoms with Crippen LogP contribution in [-0.4, -0.2) is 42.7 Å². The van der Waals surface area contributed by atoms with Gasteiger partial charge in [-0.05, 0) is 13.1 Å². The average Bonchev–Trinajstić information content (AvgIpc) is 2.23. The third-order valence-corrected chi connectivity index (χ3v) is 2.96. The molecule has 0 atom stereocenters. The van der Waals surface area contributed by atoms with Crippen LogP contribution in [0.4, 0.5) is 5.69 Å². The van der Waals surface area contributed by atoms with Crippen LogP contribution < -0.4 is 10.5 Å². The molecule has 1 aromatic rings. The molecule has 1 fully saturated rings. The Kier molecular flexibility index (Phi) is 2.77. The minimum atomic E-state index is 0.0615. The van der Waals surface area contributed by atoms with Crippen LogP contribution >= 0.6 is 0 Å². The Morgan fingerprint density at radius 3 is 2.40 bits per heavy atom. The number of rotatable bonds is 1. The second-order valence-corrected chi connectivity index (χ2v) is 4.12. The van der Waals surface area contributed by atoms with Crippen LogP contribution in [0, 0.1) is 0 Å². The van der Waals surface area contributed by atoms with Crippen LogP contribution in [0.5, 0.6) is 0 Å². The lowest BCUT2D eigenvalue weighted by molar-refractivity contribution is 0.313. The smallest absolute Gasteiger partial charge is 0.252 e. The quantitative estimate of drug-likeness (QED) is 0.655. The van der Waals surface area contributed by atoms with Gasteiger partial charge >= 0.3 is 0 Å².